The Balaban J connectivity index is 1.47. The number of nitrogen functional groups attached to an aromatic ring is 1. The van der Waals surface area contributed by atoms with Crippen LogP contribution in [0, 0.1) is 18.4 Å². The Hall–Kier alpha value is -3.60. The average Bonchev–Trinajstić information content (AvgIpc) is 3.68. The molecule has 1 saturated heterocycles. The van der Waals surface area contributed by atoms with Crippen molar-refractivity contribution in [1.29, 1.82) is 0 Å². The van der Waals surface area contributed by atoms with E-state index in [9.17, 15) is 18.9 Å². The number of nitrogens with one attached hydrogen (secondary N) is 1. The lowest BCUT2D eigenvalue weighted by Gasteiger charge is -2.30. The van der Waals surface area contributed by atoms with Crippen molar-refractivity contribution in [2.45, 2.75) is 134 Å². The third-order valence-electron chi connectivity index (χ3n) is 8.95. The summed E-state index contributed by atoms with van der Waals surface area (Å²) in [5.41, 5.74) is 4.17. The van der Waals surface area contributed by atoms with Crippen molar-refractivity contribution >= 4 is 30.7 Å². The maximum absolute atomic E-state index is 14.4. The van der Waals surface area contributed by atoms with Gasteiger partial charge in [-0.1, -0.05) is 89.3 Å². The SMILES string of the molecule is C#C[C@]1(CO[P@](=O)(N[C@@H](C)C(=O)OC(CCCCCCC)CCCCCCC)Oc2ccccc2)O[C@@H](n2cnc3c(N)nc(F)nc32)C[C@@H]1O. The van der Waals surface area contributed by atoms with Gasteiger partial charge >= 0.3 is 19.8 Å². The molecule has 0 aliphatic carbocycles. The largest absolute Gasteiger partial charge is 0.461 e. The zero-order chi connectivity index (χ0) is 36.9. The molecule has 1 aromatic carbocycles. The molecule has 3 heterocycles. The molecule has 1 aliphatic rings. The molecule has 0 radical (unpaired) electrons. The molecule has 13 nitrogen and oxygen atoms in total. The molecule has 51 heavy (non-hydrogen) atoms. The summed E-state index contributed by atoms with van der Waals surface area (Å²) in [7, 11) is -4.37. The Morgan fingerprint density at radius 2 is 1.78 bits per heavy atom. The van der Waals surface area contributed by atoms with E-state index in [0.29, 0.717) is 0 Å². The number of anilines is 1. The van der Waals surface area contributed by atoms with Gasteiger partial charge in [-0.15, -0.1) is 6.42 Å². The lowest BCUT2D eigenvalue weighted by molar-refractivity contribution is -0.151. The number of imidazole rings is 1. The Bertz CT molecular complexity index is 1630. The molecule has 4 rings (SSSR count). The van der Waals surface area contributed by atoms with Crippen LogP contribution in [0.1, 0.15) is 110 Å². The van der Waals surface area contributed by atoms with Crippen LogP contribution in [0.25, 0.3) is 11.2 Å². The van der Waals surface area contributed by atoms with Crippen LogP contribution in [0.2, 0.25) is 0 Å². The van der Waals surface area contributed by atoms with Gasteiger partial charge in [0.2, 0.25) is 0 Å². The number of terminal acetylenes is 1. The summed E-state index contributed by atoms with van der Waals surface area (Å²) < 4.78 is 53.5. The molecule has 0 bridgehead atoms. The number of aromatic nitrogens is 4. The molecule has 0 spiro atoms. The summed E-state index contributed by atoms with van der Waals surface area (Å²) in [4.78, 5) is 24.9. The highest BCUT2D eigenvalue weighted by atomic mass is 31.2. The van der Waals surface area contributed by atoms with Gasteiger partial charge in [0.1, 0.15) is 36.8 Å². The van der Waals surface area contributed by atoms with E-state index in [1.54, 1.807) is 30.3 Å². The summed E-state index contributed by atoms with van der Waals surface area (Å²) in [5.74, 6) is 1.89. The molecule has 4 N–H and O–H groups in total. The number of halogens is 1. The van der Waals surface area contributed by atoms with Crippen LogP contribution in [0.3, 0.4) is 0 Å². The summed E-state index contributed by atoms with van der Waals surface area (Å²) in [6, 6.07) is 7.21. The number of carbonyl (C=O) groups is 1. The second-order valence-electron chi connectivity index (χ2n) is 13.1. The van der Waals surface area contributed by atoms with Crippen LogP contribution in [-0.2, 0) is 23.4 Å². The highest BCUT2D eigenvalue weighted by Crippen LogP contribution is 2.48. The lowest BCUT2D eigenvalue weighted by atomic mass is 9.99. The number of esters is 1. The number of rotatable bonds is 22. The Morgan fingerprint density at radius 3 is 2.41 bits per heavy atom. The second kappa shape index (κ2) is 19.3. The second-order valence-corrected chi connectivity index (χ2v) is 14.7. The van der Waals surface area contributed by atoms with Gasteiger partial charge in [-0.25, -0.2) is 9.55 Å². The first kappa shape index (κ1) is 40.2. The topological polar surface area (TPSA) is 173 Å². The van der Waals surface area contributed by atoms with Gasteiger partial charge < -0.3 is 24.8 Å². The molecule has 5 atom stereocenters. The number of carbonyl (C=O) groups excluding carboxylic acids is 1. The molecular weight excluding hydrogens is 678 g/mol. The van der Waals surface area contributed by atoms with E-state index in [1.807, 2.05) is 0 Å². The molecule has 0 unspecified atom stereocenters. The van der Waals surface area contributed by atoms with Gasteiger partial charge in [-0.2, -0.15) is 19.4 Å². The first-order chi connectivity index (χ1) is 24.5. The Kier molecular flexibility index (Phi) is 15.2. The summed E-state index contributed by atoms with van der Waals surface area (Å²) >= 11 is 0. The number of hydrogen-bond donors (Lipinski definition) is 3. The number of unbranched alkanes of at least 4 members (excludes halogenated alkanes) is 8. The molecule has 15 heteroatoms. The molecule has 3 aromatic rings. The highest BCUT2D eigenvalue weighted by molar-refractivity contribution is 7.52. The molecular formula is C36H52FN6O7P. The number of aliphatic hydroxyl groups is 1. The molecule has 2 aromatic heterocycles. The predicted octanol–water partition coefficient (Wildman–Crippen LogP) is 7.01. The number of para-hydroxylation sites is 1. The molecule has 1 aliphatic heterocycles. The van der Waals surface area contributed by atoms with E-state index in [4.69, 9.17) is 30.7 Å². The minimum absolute atomic E-state index is 0.0400. The number of nitrogens with zero attached hydrogens (tertiary/aromatic N) is 4. The van der Waals surface area contributed by atoms with Crippen molar-refractivity contribution in [2.24, 2.45) is 0 Å². The maximum atomic E-state index is 14.4. The van der Waals surface area contributed by atoms with Crippen molar-refractivity contribution < 1.29 is 37.4 Å². The summed E-state index contributed by atoms with van der Waals surface area (Å²) in [6.45, 7) is 5.27. The predicted molar refractivity (Wildman–Crippen MR) is 192 cm³/mol. The Morgan fingerprint density at radius 1 is 1.14 bits per heavy atom. The minimum atomic E-state index is -4.37. The smallest absolute Gasteiger partial charge is 0.459 e. The first-order valence-corrected chi connectivity index (χ1v) is 19.5. The molecule has 280 valence electrons. The van der Waals surface area contributed by atoms with Gasteiger partial charge in [0.15, 0.2) is 22.6 Å². The summed E-state index contributed by atoms with van der Waals surface area (Å²) in [6.07, 6.45) is 16.0. The van der Waals surface area contributed by atoms with Crippen molar-refractivity contribution in [2.75, 3.05) is 12.3 Å². The number of aliphatic hydroxyl groups excluding tert-OH is 1. The zero-order valence-corrected chi connectivity index (χ0v) is 30.7. The van der Waals surface area contributed by atoms with E-state index in [2.05, 4.69) is 39.8 Å². The van der Waals surface area contributed by atoms with E-state index < -0.39 is 50.4 Å². The third-order valence-corrected chi connectivity index (χ3v) is 10.6. The van der Waals surface area contributed by atoms with Gasteiger partial charge in [0.05, 0.1) is 6.33 Å². The molecule has 1 fully saturated rings. The van der Waals surface area contributed by atoms with Crippen molar-refractivity contribution in [3.63, 3.8) is 0 Å². The van der Waals surface area contributed by atoms with Crippen LogP contribution in [-0.4, -0.2) is 61.1 Å². The van der Waals surface area contributed by atoms with Crippen LogP contribution < -0.4 is 15.3 Å². The first-order valence-electron chi connectivity index (χ1n) is 18.0. The van der Waals surface area contributed by atoms with Crippen molar-refractivity contribution in [3.05, 3.63) is 42.7 Å². The van der Waals surface area contributed by atoms with Crippen LogP contribution in [0.4, 0.5) is 10.2 Å². The van der Waals surface area contributed by atoms with E-state index in [1.165, 1.54) is 30.7 Å². The normalized spacial score (nSPS) is 20.6. The highest BCUT2D eigenvalue weighted by Gasteiger charge is 2.50. The van der Waals surface area contributed by atoms with E-state index in [0.717, 1.165) is 64.2 Å². The lowest BCUT2D eigenvalue weighted by Crippen LogP contribution is -2.44. The Labute approximate surface area is 299 Å². The van der Waals surface area contributed by atoms with Crippen molar-refractivity contribution in [3.8, 4) is 18.1 Å². The summed E-state index contributed by atoms with van der Waals surface area (Å²) in [5, 5.41) is 13.9. The van der Waals surface area contributed by atoms with Gasteiger partial charge in [-0.05, 0) is 44.7 Å². The number of nitrogens with two attached hydrogens (primary N) is 1. The minimum Gasteiger partial charge on any atom is -0.461 e. The van der Waals surface area contributed by atoms with E-state index >= 15 is 0 Å². The standard InChI is InChI=1S/C36H52FN6O7P/c1-5-8-10-12-15-19-27(20-16-13-11-9-6-2)48-34(45)26(4)42-51(46,50-28-21-17-14-18-22-28)47-24-36(7-3)29(44)23-30(49-36)43-25-39-31-32(38)40-35(37)41-33(31)43/h3,14,17-18,21-22,25-27,29-30,44H,5-6,8-13,15-16,19-20,23-24H2,1-2,4H3,(H,42,46)(H2,38,40,41)/t26-,29-,30+,36+,51+/m0/s1. The van der Waals surface area contributed by atoms with Gasteiger partial charge in [0, 0.05) is 6.42 Å². The number of fused-ring (bicyclic) bond motifs is 1. The van der Waals surface area contributed by atoms with Crippen LogP contribution >= 0.6 is 7.75 Å². The molecule has 0 amide bonds. The average molecular weight is 731 g/mol. The number of hydrogen-bond acceptors (Lipinski definition) is 11. The quantitative estimate of drug-likeness (QED) is 0.0318. The monoisotopic (exact) mass is 730 g/mol. The van der Waals surface area contributed by atoms with Crippen LogP contribution in [0.15, 0.2) is 36.7 Å². The van der Waals surface area contributed by atoms with Gasteiger partial charge in [0.25, 0.3) is 0 Å². The fourth-order valence-electron chi connectivity index (χ4n) is 6.01. The fourth-order valence-corrected chi connectivity index (χ4v) is 7.53. The third kappa shape index (κ3) is 11.2. The fraction of sp³-hybridized carbons (Fsp3) is 0.611. The van der Waals surface area contributed by atoms with Crippen LogP contribution in [0.5, 0.6) is 5.75 Å². The zero-order valence-electron chi connectivity index (χ0n) is 29.8. The number of ether oxygens (including phenoxy) is 2. The van der Waals surface area contributed by atoms with Crippen molar-refractivity contribution in [1.82, 2.24) is 24.6 Å². The van der Waals surface area contributed by atoms with E-state index in [-0.39, 0.29) is 35.3 Å². The number of benzene rings is 1. The molecule has 0 saturated carbocycles. The van der Waals surface area contributed by atoms with Gasteiger partial charge in [-0.3, -0.25) is 13.9 Å². The maximum Gasteiger partial charge on any atom is 0.459 e.